The first-order chi connectivity index (χ1) is 10.3. The molecule has 0 spiro atoms. The molecule has 0 saturated heterocycles. The molecule has 3 nitrogen and oxygen atoms in total. The first-order valence-corrected chi connectivity index (χ1v) is 6.62. The lowest BCUT2D eigenvalue weighted by Gasteiger charge is -2.00. The standard InChI is InChI=1S/C18H13NO2/c20-18(21-16-7-2-1-3-8-16)13-12-15-11-10-14-6-4-5-9-17(14)19-15/h1-13H/b13-12+. The van der Waals surface area contributed by atoms with E-state index < -0.39 is 5.97 Å². The van der Waals surface area contributed by atoms with E-state index in [0.717, 1.165) is 16.6 Å². The van der Waals surface area contributed by atoms with E-state index in [9.17, 15) is 4.79 Å². The summed E-state index contributed by atoms with van der Waals surface area (Å²) in [7, 11) is 0. The molecule has 3 heteroatoms. The molecule has 21 heavy (non-hydrogen) atoms. The van der Waals surface area contributed by atoms with Crippen molar-refractivity contribution in [3.63, 3.8) is 0 Å². The first-order valence-electron chi connectivity index (χ1n) is 6.62. The summed E-state index contributed by atoms with van der Waals surface area (Å²) < 4.78 is 5.17. The van der Waals surface area contributed by atoms with Gasteiger partial charge in [-0.2, -0.15) is 0 Å². The van der Waals surface area contributed by atoms with Gasteiger partial charge in [0.15, 0.2) is 0 Å². The van der Waals surface area contributed by atoms with Crippen molar-refractivity contribution in [2.45, 2.75) is 0 Å². The summed E-state index contributed by atoms with van der Waals surface area (Å²) in [5.41, 5.74) is 1.62. The van der Waals surface area contributed by atoms with Crippen LogP contribution >= 0.6 is 0 Å². The third-order valence-electron chi connectivity index (χ3n) is 2.97. The molecule has 0 aliphatic heterocycles. The first kappa shape index (κ1) is 13.1. The zero-order chi connectivity index (χ0) is 14.5. The van der Waals surface area contributed by atoms with Crippen LogP contribution in [0.1, 0.15) is 5.69 Å². The Morgan fingerprint density at radius 3 is 2.52 bits per heavy atom. The van der Waals surface area contributed by atoms with Crippen molar-refractivity contribution in [2.75, 3.05) is 0 Å². The smallest absolute Gasteiger partial charge is 0.336 e. The number of pyridine rings is 1. The van der Waals surface area contributed by atoms with E-state index >= 15 is 0 Å². The summed E-state index contributed by atoms with van der Waals surface area (Å²) in [6.07, 6.45) is 3.03. The van der Waals surface area contributed by atoms with Gasteiger partial charge in [-0.25, -0.2) is 9.78 Å². The van der Waals surface area contributed by atoms with Crippen molar-refractivity contribution in [3.05, 3.63) is 78.5 Å². The van der Waals surface area contributed by atoms with E-state index in [1.165, 1.54) is 6.08 Å². The number of carbonyl (C=O) groups excluding carboxylic acids is 1. The van der Waals surface area contributed by atoms with E-state index in [1.54, 1.807) is 18.2 Å². The van der Waals surface area contributed by atoms with Crippen molar-refractivity contribution < 1.29 is 9.53 Å². The number of ether oxygens (including phenoxy) is 1. The molecule has 0 fully saturated rings. The molecule has 2 aromatic carbocycles. The molecule has 0 unspecified atom stereocenters. The summed E-state index contributed by atoms with van der Waals surface area (Å²) >= 11 is 0. The summed E-state index contributed by atoms with van der Waals surface area (Å²) in [6.45, 7) is 0. The molecule has 0 bridgehead atoms. The average Bonchev–Trinajstić information content (AvgIpc) is 2.54. The number of hydrogen-bond donors (Lipinski definition) is 0. The third-order valence-corrected chi connectivity index (χ3v) is 2.97. The molecule has 1 aromatic heterocycles. The Morgan fingerprint density at radius 1 is 0.905 bits per heavy atom. The van der Waals surface area contributed by atoms with Crippen LogP contribution in [0.2, 0.25) is 0 Å². The lowest BCUT2D eigenvalue weighted by molar-refractivity contribution is -0.128. The summed E-state index contributed by atoms with van der Waals surface area (Å²) in [4.78, 5) is 16.2. The zero-order valence-corrected chi connectivity index (χ0v) is 11.3. The van der Waals surface area contributed by atoms with Gasteiger partial charge in [0.1, 0.15) is 5.75 Å². The van der Waals surface area contributed by atoms with Gasteiger partial charge in [-0.05, 0) is 30.3 Å². The maximum atomic E-state index is 11.7. The predicted molar refractivity (Wildman–Crippen MR) is 82.9 cm³/mol. The minimum Gasteiger partial charge on any atom is -0.423 e. The van der Waals surface area contributed by atoms with Crippen LogP contribution < -0.4 is 4.74 Å². The number of carbonyl (C=O) groups is 1. The lowest BCUT2D eigenvalue weighted by Crippen LogP contribution is -2.03. The third kappa shape index (κ3) is 3.34. The van der Waals surface area contributed by atoms with Crippen molar-refractivity contribution in [3.8, 4) is 5.75 Å². The normalized spacial score (nSPS) is 10.9. The number of aromatic nitrogens is 1. The van der Waals surface area contributed by atoms with Crippen molar-refractivity contribution in [2.24, 2.45) is 0 Å². The van der Waals surface area contributed by atoms with Gasteiger partial charge < -0.3 is 4.74 Å². The Labute approximate surface area is 122 Å². The highest BCUT2D eigenvalue weighted by atomic mass is 16.5. The van der Waals surface area contributed by atoms with Crippen LogP contribution in [-0.4, -0.2) is 11.0 Å². The van der Waals surface area contributed by atoms with Crippen LogP contribution in [0.15, 0.2) is 72.8 Å². The van der Waals surface area contributed by atoms with Gasteiger partial charge >= 0.3 is 5.97 Å². The zero-order valence-electron chi connectivity index (χ0n) is 11.3. The fraction of sp³-hybridized carbons (Fsp3) is 0. The van der Waals surface area contributed by atoms with Crippen molar-refractivity contribution >= 4 is 22.9 Å². The van der Waals surface area contributed by atoms with Gasteiger partial charge in [0.05, 0.1) is 11.2 Å². The molecule has 0 aliphatic carbocycles. The number of para-hydroxylation sites is 2. The maximum Gasteiger partial charge on any atom is 0.336 e. The Bertz CT molecular complexity index is 794. The van der Waals surface area contributed by atoms with E-state index in [1.807, 2.05) is 54.6 Å². The van der Waals surface area contributed by atoms with E-state index in [0.29, 0.717) is 5.75 Å². The second kappa shape index (κ2) is 6.01. The number of rotatable bonds is 3. The Balaban J connectivity index is 1.73. The van der Waals surface area contributed by atoms with E-state index in [2.05, 4.69) is 4.98 Å². The molecule has 0 saturated carbocycles. The topological polar surface area (TPSA) is 39.2 Å². The van der Waals surface area contributed by atoms with Gasteiger partial charge in [-0.15, -0.1) is 0 Å². The van der Waals surface area contributed by atoms with Crippen LogP contribution in [0.5, 0.6) is 5.75 Å². The summed E-state index contributed by atoms with van der Waals surface area (Å²) in [6, 6.07) is 20.7. The highest BCUT2D eigenvalue weighted by molar-refractivity contribution is 5.89. The van der Waals surface area contributed by atoms with Gasteiger partial charge in [0, 0.05) is 11.5 Å². The Kier molecular flexibility index (Phi) is 3.74. The highest BCUT2D eigenvalue weighted by Crippen LogP contribution is 2.13. The second-order valence-electron chi connectivity index (χ2n) is 4.50. The van der Waals surface area contributed by atoms with Crippen molar-refractivity contribution in [1.29, 1.82) is 0 Å². The number of benzene rings is 2. The van der Waals surface area contributed by atoms with Gasteiger partial charge in [0.25, 0.3) is 0 Å². The van der Waals surface area contributed by atoms with E-state index in [4.69, 9.17) is 4.74 Å². The molecule has 3 rings (SSSR count). The minimum atomic E-state index is -0.420. The lowest BCUT2D eigenvalue weighted by atomic mass is 10.2. The highest BCUT2D eigenvalue weighted by Gasteiger charge is 2.00. The molecule has 0 atom stereocenters. The molecule has 0 radical (unpaired) electrons. The molecule has 0 aliphatic rings. The van der Waals surface area contributed by atoms with Crippen LogP contribution in [0, 0.1) is 0 Å². The van der Waals surface area contributed by atoms with Crippen LogP contribution in [0.3, 0.4) is 0 Å². The minimum absolute atomic E-state index is 0.420. The number of hydrogen-bond acceptors (Lipinski definition) is 3. The number of esters is 1. The maximum absolute atomic E-state index is 11.7. The predicted octanol–water partition coefficient (Wildman–Crippen LogP) is 3.85. The molecule has 102 valence electrons. The fourth-order valence-electron chi connectivity index (χ4n) is 1.97. The fourth-order valence-corrected chi connectivity index (χ4v) is 1.97. The van der Waals surface area contributed by atoms with E-state index in [-0.39, 0.29) is 0 Å². The summed E-state index contributed by atoms with van der Waals surface area (Å²) in [5.74, 6) is 0.106. The molecule has 0 N–H and O–H groups in total. The number of nitrogens with zero attached hydrogens (tertiary/aromatic N) is 1. The monoisotopic (exact) mass is 275 g/mol. The van der Waals surface area contributed by atoms with Gasteiger partial charge in [0.2, 0.25) is 0 Å². The Hall–Kier alpha value is -2.94. The van der Waals surface area contributed by atoms with Crippen molar-refractivity contribution in [1.82, 2.24) is 4.98 Å². The largest absolute Gasteiger partial charge is 0.423 e. The molecule has 3 aromatic rings. The SMILES string of the molecule is O=C(/C=C/c1ccc2ccccc2n1)Oc1ccccc1. The van der Waals surface area contributed by atoms with Crippen LogP contribution in [0.4, 0.5) is 0 Å². The van der Waals surface area contributed by atoms with Crippen LogP contribution in [0.25, 0.3) is 17.0 Å². The molecular formula is C18H13NO2. The Morgan fingerprint density at radius 2 is 1.67 bits per heavy atom. The average molecular weight is 275 g/mol. The molecule has 1 heterocycles. The summed E-state index contributed by atoms with van der Waals surface area (Å²) in [5, 5.41) is 1.07. The number of fused-ring (bicyclic) bond motifs is 1. The van der Waals surface area contributed by atoms with Crippen LogP contribution in [-0.2, 0) is 4.79 Å². The van der Waals surface area contributed by atoms with Gasteiger partial charge in [-0.3, -0.25) is 0 Å². The quantitative estimate of drug-likeness (QED) is 0.414. The molecular weight excluding hydrogens is 262 g/mol. The second-order valence-corrected chi connectivity index (χ2v) is 4.50. The molecule has 0 amide bonds. The van der Waals surface area contributed by atoms with Gasteiger partial charge in [-0.1, -0.05) is 42.5 Å².